The molecule has 0 spiro atoms. The van der Waals surface area contributed by atoms with Gasteiger partial charge in [0.05, 0.1) is 6.04 Å². The van der Waals surface area contributed by atoms with E-state index in [0.29, 0.717) is 18.1 Å². The van der Waals surface area contributed by atoms with Gasteiger partial charge >= 0.3 is 12.1 Å². The number of aromatic nitrogens is 3. The fourth-order valence-corrected chi connectivity index (χ4v) is 4.41. The summed E-state index contributed by atoms with van der Waals surface area (Å²) in [5.41, 5.74) is 0.905. The summed E-state index contributed by atoms with van der Waals surface area (Å²) in [6, 6.07) is 8.51. The topological polar surface area (TPSA) is 149 Å². The molecule has 3 N–H and O–H groups in total. The fourth-order valence-electron chi connectivity index (χ4n) is 4.41. The molecule has 2 heterocycles. The number of alkyl carbamates (subject to hydrolysis) is 1. The van der Waals surface area contributed by atoms with Crippen LogP contribution in [0.2, 0.25) is 0 Å². The number of oxazole rings is 1. The van der Waals surface area contributed by atoms with Gasteiger partial charge in [0.15, 0.2) is 5.69 Å². The number of hydrogen-bond donors (Lipinski definition) is 3. The van der Waals surface area contributed by atoms with E-state index in [9.17, 15) is 19.5 Å². The van der Waals surface area contributed by atoms with E-state index in [2.05, 4.69) is 15.6 Å². The molecule has 0 unspecified atom stereocenters. The zero-order chi connectivity index (χ0) is 30.6. The Bertz CT molecular complexity index is 1380. The Morgan fingerprint density at radius 2 is 1.56 bits per heavy atom. The second-order valence-electron chi connectivity index (χ2n) is 11.8. The molecule has 11 nitrogen and oxygen atoms in total. The van der Waals surface area contributed by atoms with Gasteiger partial charge in [-0.1, -0.05) is 58.0 Å². The van der Waals surface area contributed by atoms with Gasteiger partial charge < -0.3 is 29.5 Å². The SMILES string of the molecule is Cc1oc([C@@H](NC(=O)c2nc([C@@H](NC(=O)OC(C)(C)C)C(C)C)n(Cc3ccccc3)c2C)C(C)C)nc1C(=O)O. The van der Waals surface area contributed by atoms with Crippen molar-refractivity contribution < 1.29 is 28.6 Å². The molecule has 2 aromatic heterocycles. The van der Waals surface area contributed by atoms with Crippen LogP contribution in [0.5, 0.6) is 0 Å². The van der Waals surface area contributed by atoms with Gasteiger partial charge in [0, 0.05) is 12.2 Å². The Morgan fingerprint density at radius 1 is 0.951 bits per heavy atom. The van der Waals surface area contributed by atoms with Crippen LogP contribution < -0.4 is 10.6 Å². The highest BCUT2D eigenvalue weighted by Crippen LogP contribution is 2.28. The molecule has 0 aliphatic carbocycles. The zero-order valence-electron chi connectivity index (χ0n) is 25.2. The number of aryl methyl sites for hydroxylation is 1. The molecule has 41 heavy (non-hydrogen) atoms. The van der Waals surface area contributed by atoms with Crippen molar-refractivity contribution in [1.29, 1.82) is 0 Å². The predicted octanol–water partition coefficient (Wildman–Crippen LogP) is 5.58. The molecule has 0 saturated heterocycles. The lowest BCUT2D eigenvalue weighted by molar-refractivity contribution is 0.0484. The molecule has 2 atom stereocenters. The van der Waals surface area contributed by atoms with Gasteiger partial charge in [0.25, 0.3) is 5.91 Å². The minimum Gasteiger partial charge on any atom is -0.476 e. The highest BCUT2D eigenvalue weighted by Gasteiger charge is 2.32. The van der Waals surface area contributed by atoms with E-state index in [-0.39, 0.29) is 34.9 Å². The van der Waals surface area contributed by atoms with Crippen molar-refractivity contribution in [3.63, 3.8) is 0 Å². The average Bonchev–Trinajstić information content (AvgIpc) is 3.40. The van der Waals surface area contributed by atoms with Crippen molar-refractivity contribution in [1.82, 2.24) is 25.2 Å². The summed E-state index contributed by atoms with van der Waals surface area (Å²) in [6.45, 7) is 16.8. The van der Waals surface area contributed by atoms with Crippen LogP contribution in [0, 0.1) is 25.7 Å². The molecule has 2 amide bonds. The molecule has 0 fully saturated rings. The van der Waals surface area contributed by atoms with Crippen LogP contribution >= 0.6 is 0 Å². The summed E-state index contributed by atoms with van der Waals surface area (Å²) >= 11 is 0. The molecule has 0 bridgehead atoms. The van der Waals surface area contributed by atoms with E-state index in [1.807, 2.05) is 62.6 Å². The minimum absolute atomic E-state index is 0.0806. The first-order chi connectivity index (χ1) is 19.1. The molecule has 0 saturated carbocycles. The number of nitrogens with one attached hydrogen (secondary N) is 2. The maximum Gasteiger partial charge on any atom is 0.408 e. The number of carbonyl (C=O) groups is 3. The summed E-state index contributed by atoms with van der Waals surface area (Å²) in [5, 5.41) is 15.3. The third kappa shape index (κ3) is 7.74. The second-order valence-corrected chi connectivity index (χ2v) is 11.8. The largest absolute Gasteiger partial charge is 0.476 e. The van der Waals surface area contributed by atoms with Crippen LogP contribution in [0.25, 0.3) is 0 Å². The third-order valence-electron chi connectivity index (χ3n) is 6.50. The average molecular weight is 568 g/mol. The summed E-state index contributed by atoms with van der Waals surface area (Å²) in [7, 11) is 0. The van der Waals surface area contributed by atoms with Crippen molar-refractivity contribution in [2.45, 2.75) is 86.5 Å². The van der Waals surface area contributed by atoms with E-state index in [1.54, 1.807) is 27.7 Å². The number of aromatic carboxylic acids is 1. The number of hydrogen-bond acceptors (Lipinski definition) is 7. The van der Waals surface area contributed by atoms with Crippen molar-refractivity contribution >= 4 is 18.0 Å². The van der Waals surface area contributed by atoms with Gasteiger partial charge in [0.2, 0.25) is 5.89 Å². The van der Waals surface area contributed by atoms with E-state index in [0.717, 1.165) is 5.56 Å². The molecule has 0 aliphatic rings. The number of carbonyl (C=O) groups excluding carboxylic acids is 2. The summed E-state index contributed by atoms with van der Waals surface area (Å²) in [5.74, 6) is -1.14. The zero-order valence-corrected chi connectivity index (χ0v) is 25.2. The molecule has 3 aromatic rings. The Kier molecular flexibility index (Phi) is 9.62. The summed E-state index contributed by atoms with van der Waals surface area (Å²) in [6.07, 6.45) is -0.581. The Hall–Kier alpha value is -4.15. The van der Waals surface area contributed by atoms with Gasteiger partial charge in [-0.05, 0) is 52.0 Å². The van der Waals surface area contributed by atoms with E-state index in [1.165, 1.54) is 6.92 Å². The number of carboxylic acids is 1. The van der Waals surface area contributed by atoms with Crippen LogP contribution in [0.4, 0.5) is 4.79 Å². The van der Waals surface area contributed by atoms with Gasteiger partial charge in [-0.25, -0.2) is 19.6 Å². The number of nitrogens with zero attached hydrogens (tertiary/aromatic N) is 3. The van der Waals surface area contributed by atoms with E-state index in [4.69, 9.17) is 14.1 Å². The lowest BCUT2D eigenvalue weighted by Gasteiger charge is -2.26. The summed E-state index contributed by atoms with van der Waals surface area (Å²) in [4.78, 5) is 46.9. The first-order valence-electron chi connectivity index (χ1n) is 13.7. The minimum atomic E-state index is -1.20. The van der Waals surface area contributed by atoms with Gasteiger partial charge in [0.1, 0.15) is 28.9 Å². The highest BCUT2D eigenvalue weighted by molar-refractivity contribution is 5.94. The predicted molar refractivity (Wildman–Crippen MR) is 153 cm³/mol. The summed E-state index contributed by atoms with van der Waals surface area (Å²) < 4.78 is 13.1. The van der Waals surface area contributed by atoms with Gasteiger partial charge in [-0.15, -0.1) is 0 Å². The number of amides is 2. The monoisotopic (exact) mass is 567 g/mol. The van der Waals surface area contributed by atoms with Crippen LogP contribution in [0.3, 0.4) is 0 Å². The van der Waals surface area contributed by atoms with Gasteiger partial charge in [-0.3, -0.25) is 4.79 Å². The Balaban J connectivity index is 2.04. The Morgan fingerprint density at radius 3 is 2.07 bits per heavy atom. The number of benzene rings is 1. The third-order valence-corrected chi connectivity index (χ3v) is 6.50. The molecule has 3 rings (SSSR count). The lowest BCUT2D eigenvalue weighted by Crippen LogP contribution is -2.38. The number of carboxylic acid groups (broad SMARTS) is 1. The lowest BCUT2D eigenvalue weighted by atomic mass is 10.0. The molecule has 222 valence electrons. The van der Waals surface area contributed by atoms with E-state index >= 15 is 0 Å². The first-order valence-corrected chi connectivity index (χ1v) is 13.7. The molecule has 0 aliphatic heterocycles. The van der Waals surface area contributed by atoms with Crippen molar-refractivity contribution in [3.8, 4) is 0 Å². The van der Waals surface area contributed by atoms with Crippen LogP contribution in [-0.2, 0) is 11.3 Å². The second kappa shape index (κ2) is 12.6. The maximum atomic E-state index is 13.7. The maximum absolute atomic E-state index is 13.7. The molecule has 11 heteroatoms. The van der Waals surface area contributed by atoms with E-state index < -0.39 is 35.7 Å². The molecule has 1 aromatic carbocycles. The number of ether oxygens (including phenoxy) is 1. The van der Waals surface area contributed by atoms with Crippen LogP contribution in [0.1, 0.15) is 110 Å². The number of rotatable bonds is 10. The quantitative estimate of drug-likeness (QED) is 0.287. The molecular weight excluding hydrogens is 526 g/mol. The van der Waals surface area contributed by atoms with Crippen LogP contribution in [0.15, 0.2) is 34.7 Å². The smallest absolute Gasteiger partial charge is 0.408 e. The number of imidazole rings is 1. The first kappa shape index (κ1) is 31.4. The highest BCUT2D eigenvalue weighted by atomic mass is 16.6. The normalized spacial score (nSPS) is 13.2. The Labute approximate surface area is 240 Å². The molecular formula is C30H41N5O6. The van der Waals surface area contributed by atoms with Crippen molar-refractivity contribution in [2.24, 2.45) is 11.8 Å². The van der Waals surface area contributed by atoms with Crippen LogP contribution in [-0.4, -0.2) is 43.2 Å². The van der Waals surface area contributed by atoms with Gasteiger partial charge in [-0.2, -0.15) is 0 Å². The standard InChI is InChI=1S/C30H41N5O6/c1-16(2)21(34-29(39)41-30(7,8)9)25-31-23(18(5)35(25)15-20-13-11-10-12-14-20)26(36)32-22(17(3)4)27-33-24(28(37)38)19(6)40-27/h10-14,16-17,21-22H,15H2,1-9H3,(H,32,36)(H,34,39)(H,37,38)/t21-,22-/m0/s1. The van der Waals surface area contributed by atoms with Crippen molar-refractivity contribution in [2.75, 3.05) is 0 Å². The molecule has 0 radical (unpaired) electrons. The van der Waals surface area contributed by atoms with Crippen molar-refractivity contribution in [3.05, 3.63) is 70.5 Å². The fraction of sp³-hybridized carbons (Fsp3) is 0.500.